The molecule has 1 amide bonds. The monoisotopic (exact) mass is 434 g/mol. The van der Waals surface area contributed by atoms with E-state index in [2.05, 4.69) is 49.0 Å². The van der Waals surface area contributed by atoms with Crippen molar-refractivity contribution in [3.63, 3.8) is 0 Å². The van der Waals surface area contributed by atoms with Crippen molar-refractivity contribution >= 4 is 50.3 Å². The molecule has 19 heavy (non-hydrogen) atoms. The van der Waals surface area contributed by atoms with Gasteiger partial charge in [0.25, 0.3) is 5.91 Å². The second-order valence-electron chi connectivity index (χ2n) is 4.35. The van der Waals surface area contributed by atoms with Crippen molar-refractivity contribution in [3.8, 4) is 0 Å². The molecule has 1 aromatic carbocycles. The molecule has 1 heterocycles. The fourth-order valence-electron chi connectivity index (χ4n) is 1.47. The molecule has 0 unspecified atom stereocenters. The smallest absolute Gasteiger partial charge is 0.259 e. The average molecular weight is 435 g/mol. The number of benzene rings is 1. The zero-order valence-corrected chi connectivity index (χ0v) is 14.1. The Morgan fingerprint density at radius 2 is 2.16 bits per heavy atom. The first kappa shape index (κ1) is 14.5. The maximum atomic E-state index is 12.1. The van der Waals surface area contributed by atoms with Gasteiger partial charge in [-0.3, -0.25) is 10.1 Å². The number of hydrogen-bond donors (Lipinski definition) is 1. The summed E-state index contributed by atoms with van der Waals surface area (Å²) in [5.41, 5.74) is 1.41. The van der Waals surface area contributed by atoms with Crippen LogP contribution < -0.4 is 5.32 Å². The summed E-state index contributed by atoms with van der Waals surface area (Å²) < 4.78 is 6.83. The normalized spacial score (nSPS) is 10.8. The highest BCUT2D eigenvalue weighted by atomic mass is 127. The quantitative estimate of drug-likeness (QED) is 0.727. The van der Waals surface area contributed by atoms with Crippen LogP contribution in [0.15, 0.2) is 33.3 Å². The largest absolute Gasteiger partial charge is 0.338 e. The Hall–Kier alpha value is -0.890. The summed E-state index contributed by atoms with van der Waals surface area (Å²) in [6.07, 6.45) is 0. The summed E-state index contributed by atoms with van der Waals surface area (Å²) in [7, 11) is 0. The van der Waals surface area contributed by atoms with Crippen molar-refractivity contribution in [2.75, 3.05) is 5.32 Å². The SMILES string of the molecule is CC(C)c1cc(NC(=O)c2cc(Br)ccc2I)on1. The number of halogens is 2. The minimum Gasteiger partial charge on any atom is -0.338 e. The van der Waals surface area contributed by atoms with Crippen molar-refractivity contribution < 1.29 is 9.32 Å². The van der Waals surface area contributed by atoms with Crippen LogP contribution in [-0.2, 0) is 0 Å². The molecule has 1 aromatic heterocycles. The molecular formula is C13H12BrIN2O2. The zero-order valence-electron chi connectivity index (χ0n) is 10.4. The average Bonchev–Trinajstić information content (AvgIpc) is 2.80. The number of anilines is 1. The Balaban J connectivity index is 2.18. The predicted octanol–water partition coefficient (Wildman–Crippen LogP) is 4.42. The third-order valence-corrected chi connectivity index (χ3v) is 3.96. The molecule has 0 spiro atoms. The van der Waals surface area contributed by atoms with Gasteiger partial charge in [0.1, 0.15) is 0 Å². The Kier molecular flexibility index (Phi) is 4.62. The van der Waals surface area contributed by atoms with Crippen molar-refractivity contribution in [1.29, 1.82) is 0 Å². The summed E-state index contributed by atoms with van der Waals surface area (Å²) in [5, 5.41) is 6.61. The topological polar surface area (TPSA) is 55.1 Å². The van der Waals surface area contributed by atoms with Crippen LogP contribution in [0, 0.1) is 3.57 Å². The summed E-state index contributed by atoms with van der Waals surface area (Å²) in [6, 6.07) is 7.29. The highest BCUT2D eigenvalue weighted by Crippen LogP contribution is 2.21. The van der Waals surface area contributed by atoms with Crippen LogP contribution in [0.3, 0.4) is 0 Å². The van der Waals surface area contributed by atoms with Gasteiger partial charge in [-0.05, 0) is 46.7 Å². The highest BCUT2D eigenvalue weighted by Gasteiger charge is 2.14. The van der Waals surface area contributed by atoms with Gasteiger partial charge in [0.05, 0.1) is 11.3 Å². The number of nitrogens with one attached hydrogen (secondary N) is 1. The zero-order chi connectivity index (χ0) is 14.0. The molecule has 0 bridgehead atoms. The summed E-state index contributed by atoms with van der Waals surface area (Å²) in [6.45, 7) is 4.03. The Morgan fingerprint density at radius 3 is 2.79 bits per heavy atom. The standard InChI is InChI=1S/C13H12BrIN2O2/c1-7(2)11-6-12(19-17-11)16-13(18)9-5-8(14)3-4-10(9)15/h3-7H,1-2H3,(H,16,18). The number of carbonyl (C=O) groups excluding carboxylic acids is 1. The molecule has 0 aliphatic heterocycles. The van der Waals surface area contributed by atoms with Crippen molar-refractivity contribution in [1.82, 2.24) is 5.16 Å². The maximum absolute atomic E-state index is 12.1. The Morgan fingerprint density at radius 1 is 1.42 bits per heavy atom. The van der Waals surface area contributed by atoms with Crippen molar-refractivity contribution in [2.24, 2.45) is 0 Å². The lowest BCUT2D eigenvalue weighted by atomic mass is 10.1. The molecular weight excluding hydrogens is 423 g/mol. The first-order valence-corrected chi connectivity index (χ1v) is 7.57. The first-order valence-electron chi connectivity index (χ1n) is 5.70. The molecule has 0 radical (unpaired) electrons. The van der Waals surface area contributed by atoms with Crippen LogP contribution in [0.4, 0.5) is 5.88 Å². The third-order valence-electron chi connectivity index (χ3n) is 2.53. The molecule has 0 fully saturated rings. The molecule has 100 valence electrons. The molecule has 0 saturated heterocycles. The first-order chi connectivity index (χ1) is 8.97. The van der Waals surface area contributed by atoms with Crippen molar-refractivity contribution in [2.45, 2.75) is 19.8 Å². The van der Waals surface area contributed by atoms with Gasteiger partial charge in [0.15, 0.2) is 0 Å². The van der Waals surface area contributed by atoms with E-state index in [1.54, 1.807) is 12.1 Å². The van der Waals surface area contributed by atoms with E-state index in [1.165, 1.54) is 0 Å². The summed E-state index contributed by atoms with van der Waals surface area (Å²) in [5.74, 6) is 0.419. The van der Waals surface area contributed by atoms with Gasteiger partial charge in [-0.25, -0.2) is 0 Å². The Bertz CT molecular complexity index is 610. The lowest BCUT2D eigenvalue weighted by Gasteiger charge is -2.04. The van der Waals surface area contributed by atoms with Gasteiger partial charge >= 0.3 is 0 Å². The molecule has 6 heteroatoms. The number of carbonyl (C=O) groups is 1. The Labute approximate surface area is 133 Å². The minimum absolute atomic E-state index is 0.211. The minimum atomic E-state index is -0.211. The van der Waals surface area contributed by atoms with E-state index < -0.39 is 0 Å². The lowest BCUT2D eigenvalue weighted by Crippen LogP contribution is -2.12. The van der Waals surface area contributed by atoms with Crippen LogP contribution in [-0.4, -0.2) is 11.1 Å². The maximum Gasteiger partial charge on any atom is 0.259 e. The van der Waals surface area contributed by atoms with Gasteiger partial charge in [0.2, 0.25) is 5.88 Å². The van der Waals surface area contributed by atoms with Crippen LogP contribution in [0.2, 0.25) is 0 Å². The molecule has 0 aliphatic rings. The van der Waals surface area contributed by atoms with Gasteiger partial charge in [-0.1, -0.05) is 34.9 Å². The number of hydrogen-bond acceptors (Lipinski definition) is 3. The van der Waals surface area contributed by atoms with Gasteiger partial charge in [0, 0.05) is 14.1 Å². The number of amides is 1. The molecule has 0 aliphatic carbocycles. The van der Waals surface area contributed by atoms with Gasteiger partial charge in [-0.15, -0.1) is 0 Å². The van der Waals surface area contributed by atoms with E-state index in [0.717, 1.165) is 13.7 Å². The summed E-state index contributed by atoms with van der Waals surface area (Å²) in [4.78, 5) is 12.1. The number of nitrogens with zero attached hydrogens (tertiary/aromatic N) is 1. The van der Waals surface area contributed by atoms with E-state index in [0.29, 0.717) is 11.4 Å². The summed E-state index contributed by atoms with van der Waals surface area (Å²) >= 11 is 5.48. The second kappa shape index (κ2) is 6.04. The lowest BCUT2D eigenvalue weighted by molar-refractivity contribution is 0.102. The van der Waals surface area contributed by atoms with E-state index in [1.807, 2.05) is 26.0 Å². The molecule has 0 saturated carbocycles. The number of rotatable bonds is 3. The molecule has 2 aromatic rings. The number of aromatic nitrogens is 1. The van der Waals surface area contributed by atoms with E-state index in [-0.39, 0.29) is 11.8 Å². The fraction of sp³-hybridized carbons (Fsp3) is 0.231. The van der Waals surface area contributed by atoms with Gasteiger partial charge < -0.3 is 4.52 Å². The van der Waals surface area contributed by atoms with E-state index in [9.17, 15) is 4.79 Å². The fourth-order valence-corrected chi connectivity index (χ4v) is 2.41. The molecule has 4 nitrogen and oxygen atoms in total. The predicted molar refractivity (Wildman–Crippen MR) is 85.4 cm³/mol. The molecule has 1 N–H and O–H groups in total. The van der Waals surface area contributed by atoms with Crippen molar-refractivity contribution in [3.05, 3.63) is 43.6 Å². The van der Waals surface area contributed by atoms with Crippen LogP contribution in [0.1, 0.15) is 35.8 Å². The van der Waals surface area contributed by atoms with Crippen LogP contribution >= 0.6 is 38.5 Å². The third kappa shape index (κ3) is 3.56. The highest BCUT2D eigenvalue weighted by molar-refractivity contribution is 14.1. The molecule has 0 atom stereocenters. The van der Waals surface area contributed by atoms with E-state index in [4.69, 9.17) is 4.52 Å². The molecule has 2 rings (SSSR count). The second-order valence-corrected chi connectivity index (χ2v) is 6.43. The van der Waals surface area contributed by atoms with Crippen LogP contribution in [0.5, 0.6) is 0 Å². The van der Waals surface area contributed by atoms with E-state index >= 15 is 0 Å². The van der Waals surface area contributed by atoms with Crippen LogP contribution in [0.25, 0.3) is 0 Å². The van der Waals surface area contributed by atoms with Gasteiger partial charge in [-0.2, -0.15) is 0 Å².